The maximum absolute atomic E-state index is 3.69. The van der Waals surface area contributed by atoms with Crippen LogP contribution in [0.5, 0.6) is 0 Å². The largest absolute Gasteiger partial charge is 0.314 e. The van der Waals surface area contributed by atoms with Gasteiger partial charge in [0.1, 0.15) is 0 Å². The summed E-state index contributed by atoms with van der Waals surface area (Å²) in [6.07, 6.45) is 3.49. The summed E-state index contributed by atoms with van der Waals surface area (Å²) in [4.78, 5) is 0. The maximum Gasteiger partial charge on any atom is 0.0140 e. The van der Waals surface area contributed by atoms with Crippen molar-refractivity contribution in [3.05, 3.63) is 0 Å². The van der Waals surface area contributed by atoms with Crippen molar-refractivity contribution in [3.8, 4) is 0 Å². The van der Waals surface area contributed by atoms with E-state index in [-0.39, 0.29) is 11.1 Å². The van der Waals surface area contributed by atoms with Gasteiger partial charge in [0.05, 0.1) is 0 Å². The van der Waals surface area contributed by atoms with Crippen LogP contribution in [0.25, 0.3) is 0 Å². The van der Waals surface area contributed by atoms with Gasteiger partial charge in [0.25, 0.3) is 0 Å². The van der Waals surface area contributed by atoms with Crippen LogP contribution < -0.4 is 21.3 Å². The Labute approximate surface area is 132 Å². The fraction of sp³-hybridized carbons (Fsp3) is 1.00. The molecule has 0 aliphatic carbocycles. The first-order valence-corrected chi connectivity index (χ1v) is 8.67. The Hall–Kier alpha value is -0.160. The summed E-state index contributed by atoms with van der Waals surface area (Å²) in [7, 11) is 0. The smallest absolute Gasteiger partial charge is 0.0140 e. The standard InChI is InChI=1S/C17H38N4/c1-14-12-17(5,6)21-11-10-19-15(2)13-16(3,4)20-9-7-8-18-14/h14-15,18-21H,7-13H2,1-6H3. The van der Waals surface area contributed by atoms with Crippen LogP contribution in [-0.2, 0) is 0 Å². The molecule has 21 heavy (non-hydrogen) atoms. The molecule has 0 aromatic carbocycles. The molecule has 0 radical (unpaired) electrons. The van der Waals surface area contributed by atoms with Crippen LogP contribution in [0.3, 0.4) is 0 Å². The van der Waals surface area contributed by atoms with Gasteiger partial charge >= 0.3 is 0 Å². The molecule has 0 saturated carbocycles. The highest BCUT2D eigenvalue weighted by Crippen LogP contribution is 2.13. The lowest BCUT2D eigenvalue weighted by Crippen LogP contribution is -2.48. The van der Waals surface area contributed by atoms with Crippen molar-refractivity contribution in [2.45, 2.75) is 84.0 Å². The zero-order valence-electron chi connectivity index (χ0n) is 15.1. The third-order valence-corrected chi connectivity index (χ3v) is 4.30. The van der Waals surface area contributed by atoms with Crippen molar-refractivity contribution in [3.63, 3.8) is 0 Å². The topological polar surface area (TPSA) is 48.1 Å². The molecule has 1 rings (SSSR count). The summed E-state index contributed by atoms with van der Waals surface area (Å²) < 4.78 is 0. The number of hydrogen-bond acceptors (Lipinski definition) is 4. The quantitative estimate of drug-likeness (QED) is 0.551. The van der Waals surface area contributed by atoms with Crippen molar-refractivity contribution in [2.75, 3.05) is 26.2 Å². The van der Waals surface area contributed by atoms with Crippen molar-refractivity contribution < 1.29 is 0 Å². The van der Waals surface area contributed by atoms with Crippen LogP contribution in [0.2, 0.25) is 0 Å². The first kappa shape index (κ1) is 18.9. The first-order valence-electron chi connectivity index (χ1n) is 8.67. The summed E-state index contributed by atoms with van der Waals surface area (Å²) in [5, 5.41) is 14.7. The van der Waals surface area contributed by atoms with Gasteiger partial charge in [-0.15, -0.1) is 0 Å². The molecule has 1 heterocycles. The first-order chi connectivity index (χ1) is 9.70. The van der Waals surface area contributed by atoms with E-state index >= 15 is 0 Å². The molecular weight excluding hydrogens is 260 g/mol. The van der Waals surface area contributed by atoms with E-state index in [4.69, 9.17) is 0 Å². The molecule has 0 aromatic rings. The van der Waals surface area contributed by atoms with E-state index in [2.05, 4.69) is 62.8 Å². The van der Waals surface area contributed by atoms with Crippen LogP contribution in [0.1, 0.15) is 60.8 Å². The van der Waals surface area contributed by atoms with Crippen molar-refractivity contribution >= 4 is 0 Å². The molecule has 0 spiro atoms. The lowest BCUT2D eigenvalue weighted by Gasteiger charge is -2.31. The molecule has 0 amide bonds. The summed E-state index contributed by atoms with van der Waals surface area (Å²) in [6, 6.07) is 1.09. The fourth-order valence-electron chi connectivity index (χ4n) is 3.40. The van der Waals surface area contributed by atoms with Gasteiger partial charge in [0.15, 0.2) is 0 Å². The predicted molar refractivity (Wildman–Crippen MR) is 92.9 cm³/mol. The Morgan fingerprint density at radius 2 is 1.14 bits per heavy atom. The third-order valence-electron chi connectivity index (χ3n) is 4.30. The zero-order chi connectivity index (χ0) is 15.9. The molecule has 2 atom stereocenters. The molecule has 4 heteroatoms. The van der Waals surface area contributed by atoms with Crippen LogP contribution in [0, 0.1) is 0 Å². The highest BCUT2D eigenvalue weighted by molar-refractivity contribution is 4.85. The Kier molecular flexibility index (Phi) is 7.62. The van der Waals surface area contributed by atoms with E-state index in [0.29, 0.717) is 12.1 Å². The Bertz CT molecular complexity index is 289. The fourth-order valence-corrected chi connectivity index (χ4v) is 3.40. The number of nitrogens with one attached hydrogen (secondary N) is 4. The van der Waals surface area contributed by atoms with Crippen LogP contribution in [0.4, 0.5) is 0 Å². The molecule has 4 N–H and O–H groups in total. The van der Waals surface area contributed by atoms with E-state index < -0.39 is 0 Å². The average Bonchev–Trinajstić information content (AvgIpc) is 2.32. The van der Waals surface area contributed by atoms with Gasteiger partial charge in [-0.05, 0) is 73.9 Å². The summed E-state index contributed by atoms with van der Waals surface area (Å²) >= 11 is 0. The lowest BCUT2D eigenvalue weighted by atomic mass is 9.95. The van der Waals surface area contributed by atoms with E-state index in [9.17, 15) is 0 Å². The van der Waals surface area contributed by atoms with Crippen LogP contribution in [0.15, 0.2) is 0 Å². The molecule has 4 nitrogen and oxygen atoms in total. The van der Waals surface area contributed by atoms with Gasteiger partial charge in [0.2, 0.25) is 0 Å². The van der Waals surface area contributed by atoms with Gasteiger partial charge in [-0.25, -0.2) is 0 Å². The van der Waals surface area contributed by atoms with Gasteiger partial charge < -0.3 is 21.3 Å². The van der Waals surface area contributed by atoms with Crippen LogP contribution in [-0.4, -0.2) is 49.3 Å². The van der Waals surface area contributed by atoms with Crippen molar-refractivity contribution in [1.82, 2.24) is 21.3 Å². The second-order valence-electron chi connectivity index (χ2n) is 8.09. The predicted octanol–water partition coefficient (Wildman–Crippen LogP) is 1.86. The summed E-state index contributed by atoms with van der Waals surface area (Å²) in [6.45, 7) is 18.0. The van der Waals surface area contributed by atoms with Gasteiger partial charge in [-0.2, -0.15) is 0 Å². The minimum atomic E-state index is 0.190. The molecule has 1 fully saturated rings. The van der Waals surface area contributed by atoms with Gasteiger partial charge in [0, 0.05) is 36.3 Å². The highest BCUT2D eigenvalue weighted by Gasteiger charge is 2.22. The van der Waals surface area contributed by atoms with E-state index in [1.54, 1.807) is 0 Å². The Balaban J connectivity index is 2.55. The Morgan fingerprint density at radius 1 is 0.667 bits per heavy atom. The van der Waals surface area contributed by atoms with E-state index in [0.717, 1.165) is 39.0 Å². The van der Waals surface area contributed by atoms with Gasteiger partial charge in [-0.1, -0.05) is 0 Å². The monoisotopic (exact) mass is 298 g/mol. The highest BCUT2D eigenvalue weighted by atomic mass is 15.0. The van der Waals surface area contributed by atoms with Crippen molar-refractivity contribution in [1.29, 1.82) is 0 Å². The SMILES string of the molecule is CC1CC(C)(C)NCCCNC(C)CC(C)(C)NCCN1. The molecule has 2 unspecified atom stereocenters. The molecule has 1 aliphatic heterocycles. The zero-order valence-corrected chi connectivity index (χ0v) is 15.1. The molecule has 0 aromatic heterocycles. The molecule has 126 valence electrons. The molecular formula is C17H38N4. The second-order valence-corrected chi connectivity index (χ2v) is 8.09. The van der Waals surface area contributed by atoms with Crippen molar-refractivity contribution in [2.24, 2.45) is 0 Å². The number of rotatable bonds is 0. The normalized spacial score (nSPS) is 32.9. The van der Waals surface area contributed by atoms with Crippen LogP contribution >= 0.6 is 0 Å². The maximum atomic E-state index is 3.69. The molecule has 0 bridgehead atoms. The second kappa shape index (κ2) is 8.47. The van der Waals surface area contributed by atoms with Gasteiger partial charge in [-0.3, -0.25) is 0 Å². The molecule has 1 aliphatic rings. The van der Waals surface area contributed by atoms with E-state index in [1.807, 2.05) is 0 Å². The minimum absolute atomic E-state index is 0.190. The molecule has 1 saturated heterocycles. The average molecular weight is 299 g/mol. The van der Waals surface area contributed by atoms with E-state index in [1.165, 1.54) is 6.42 Å². The summed E-state index contributed by atoms with van der Waals surface area (Å²) in [5.41, 5.74) is 0.389. The summed E-state index contributed by atoms with van der Waals surface area (Å²) in [5.74, 6) is 0. The third kappa shape index (κ3) is 8.77. The Morgan fingerprint density at radius 3 is 1.71 bits per heavy atom. The lowest BCUT2D eigenvalue weighted by molar-refractivity contribution is 0.309. The minimum Gasteiger partial charge on any atom is -0.314 e. The number of hydrogen-bond donors (Lipinski definition) is 4.